The van der Waals surface area contributed by atoms with Crippen LogP contribution in [0.1, 0.15) is 47.0 Å². The van der Waals surface area contributed by atoms with Gasteiger partial charge in [0.15, 0.2) is 0 Å². The van der Waals surface area contributed by atoms with Gasteiger partial charge >= 0.3 is 0 Å². The van der Waals surface area contributed by atoms with Crippen LogP contribution in [-0.2, 0) is 4.79 Å². The Hall–Kier alpha value is -0.530. The van der Waals surface area contributed by atoms with Crippen LogP contribution in [-0.4, -0.2) is 11.4 Å². The molecule has 0 radical (unpaired) electrons. The minimum Gasteiger partial charge on any atom is -0.351 e. The number of hydrogen-bond donors (Lipinski definition) is 1. The summed E-state index contributed by atoms with van der Waals surface area (Å²) in [6.45, 7) is 8.91. The number of rotatable bonds is 0. The molecule has 74 valence electrons. The molecule has 2 nitrogen and oxygen atoms in total. The number of hydrogen-bond acceptors (Lipinski definition) is 1. The Morgan fingerprint density at radius 1 is 1.15 bits per heavy atom. The normalized spacial score (nSPS) is 40.2. The van der Waals surface area contributed by atoms with Crippen molar-refractivity contribution in [3.63, 3.8) is 0 Å². The molecular weight excluding hydrogens is 162 g/mol. The predicted molar refractivity (Wildman–Crippen MR) is 52.3 cm³/mol. The van der Waals surface area contributed by atoms with Crippen molar-refractivity contribution in [3.8, 4) is 0 Å². The van der Waals surface area contributed by atoms with E-state index in [1.807, 2.05) is 0 Å². The van der Waals surface area contributed by atoms with Crippen LogP contribution < -0.4 is 5.32 Å². The average Bonchev–Trinajstić information content (AvgIpc) is 2.20. The van der Waals surface area contributed by atoms with Crippen LogP contribution >= 0.6 is 0 Å². The molecule has 1 unspecified atom stereocenters. The Morgan fingerprint density at radius 3 is 1.92 bits per heavy atom. The second kappa shape index (κ2) is 2.10. The zero-order chi connectivity index (χ0) is 9.91. The van der Waals surface area contributed by atoms with Crippen molar-refractivity contribution in [2.45, 2.75) is 52.5 Å². The third-order valence-corrected chi connectivity index (χ3v) is 4.58. The highest BCUT2D eigenvalue weighted by molar-refractivity contribution is 5.81. The van der Waals surface area contributed by atoms with Gasteiger partial charge in [0.25, 0.3) is 0 Å². The molecule has 13 heavy (non-hydrogen) atoms. The molecular formula is C11H19NO. The summed E-state index contributed by atoms with van der Waals surface area (Å²) >= 11 is 0. The molecule has 1 aliphatic carbocycles. The highest BCUT2D eigenvalue weighted by Gasteiger charge is 2.65. The molecule has 2 heteroatoms. The maximum Gasteiger partial charge on any atom is 0.221 e. The van der Waals surface area contributed by atoms with Crippen molar-refractivity contribution in [1.29, 1.82) is 0 Å². The summed E-state index contributed by atoms with van der Waals surface area (Å²) in [7, 11) is 0. The molecule has 1 spiro atoms. The van der Waals surface area contributed by atoms with Gasteiger partial charge in [0, 0.05) is 17.4 Å². The zero-order valence-corrected chi connectivity index (χ0v) is 9.03. The Labute approximate surface area is 80.1 Å². The largest absolute Gasteiger partial charge is 0.351 e. The topological polar surface area (TPSA) is 29.1 Å². The molecule has 2 fully saturated rings. The van der Waals surface area contributed by atoms with Gasteiger partial charge in [-0.3, -0.25) is 4.79 Å². The molecule has 0 aromatic heterocycles. The fraction of sp³-hybridized carbons (Fsp3) is 0.909. The lowest BCUT2D eigenvalue weighted by Gasteiger charge is -2.60. The first-order valence-corrected chi connectivity index (χ1v) is 5.12. The Balaban J connectivity index is 2.38. The number of nitrogens with one attached hydrogen (secondary N) is 1. The molecule has 1 N–H and O–H groups in total. The van der Waals surface area contributed by atoms with Crippen molar-refractivity contribution in [3.05, 3.63) is 0 Å². The molecule has 2 rings (SSSR count). The Bertz CT molecular complexity index is 267. The first kappa shape index (κ1) is 9.04. The molecule has 1 heterocycles. The lowest BCUT2D eigenvalue weighted by atomic mass is 9.45. The summed E-state index contributed by atoms with van der Waals surface area (Å²) < 4.78 is 0. The number of carbonyl (C=O) groups is 1. The second-order valence-corrected chi connectivity index (χ2v) is 5.82. The molecule has 0 aromatic carbocycles. The van der Waals surface area contributed by atoms with Crippen LogP contribution in [0.15, 0.2) is 0 Å². The van der Waals surface area contributed by atoms with Crippen LogP contribution in [0.4, 0.5) is 0 Å². The molecule has 0 bridgehead atoms. The van der Waals surface area contributed by atoms with E-state index < -0.39 is 0 Å². The fourth-order valence-electron chi connectivity index (χ4n) is 3.42. The zero-order valence-electron chi connectivity index (χ0n) is 9.03. The molecule has 0 aromatic rings. The fourth-order valence-corrected chi connectivity index (χ4v) is 3.42. The highest BCUT2D eigenvalue weighted by Crippen LogP contribution is 2.65. The van der Waals surface area contributed by atoms with Gasteiger partial charge in [-0.1, -0.05) is 13.8 Å². The monoisotopic (exact) mass is 181 g/mol. The SMILES string of the molecule is CC1(C)CCC12CC(=O)NC2(C)C. The maximum absolute atomic E-state index is 11.4. The van der Waals surface area contributed by atoms with Gasteiger partial charge in [0.2, 0.25) is 5.91 Å². The van der Waals surface area contributed by atoms with Crippen LogP contribution in [0.5, 0.6) is 0 Å². The van der Waals surface area contributed by atoms with Gasteiger partial charge < -0.3 is 5.32 Å². The van der Waals surface area contributed by atoms with Gasteiger partial charge in [0.1, 0.15) is 0 Å². The Kier molecular flexibility index (Phi) is 1.46. The predicted octanol–water partition coefficient (Wildman–Crippen LogP) is 2.09. The first-order chi connectivity index (χ1) is 5.81. The minimum absolute atomic E-state index is 0.00810. The smallest absolute Gasteiger partial charge is 0.221 e. The summed E-state index contributed by atoms with van der Waals surface area (Å²) in [5.41, 5.74) is 0.540. The van der Waals surface area contributed by atoms with E-state index in [9.17, 15) is 4.79 Å². The summed E-state index contributed by atoms with van der Waals surface area (Å²) in [5.74, 6) is 0.234. The standard InChI is InChI=1S/C11H19NO/c1-9(2)5-6-11(9)7-8(13)12-10(11,3)4/h5-7H2,1-4H3,(H,12,13). The van der Waals surface area contributed by atoms with Crippen molar-refractivity contribution >= 4 is 5.91 Å². The molecule has 1 aliphatic heterocycles. The van der Waals surface area contributed by atoms with Crippen LogP contribution in [0, 0.1) is 10.8 Å². The van der Waals surface area contributed by atoms with E-state index in [4.69, 9.17) is 0 Å². The third-order valence-electron chi connectivity index (χ3n) is 4.58. The van der Waals surface area contributed by atoms with E-state index in [2.05, 4.69) is 33.0 Å². The van der Waals surface area contributed by atoms with Gasteiger partial charge in [-0.15, -0.1) is 0 Å². The van der Waals surface area contributed by atoms with Crippen LogP contribution in [0.25, 0.3) is 0 Å². The van der Waals surface area contributed by atoms with Crippen LogP contribution in [0.2, 0.25) is 0 Å². The lowest BCUT2D eigenvalue weighted by molar-refractivity contribution is -0.122. The van der Waals surface area contributed by atoms with E-state index >= 15 is 0 Å². The van der Waals surface area contributed by atoms with E-state index in [0.29, 0.717) is 5.41 Å². The maximum atomic E-state index is 11.4. The summed E-state index contributed by atoms with van der Waals surface area (Å²) in [6, 6.07) is 0. The third kappa shape index (κ3) is 0.866. The quantitative estimate of drug-likeness (QED) is 0.609. The van der Waals surface area contributed by atoms with Gasteiger partial charge in [-0.05, 0) is 32.1 Å². The summed E-state index contributed by atoms with van der Waals surface area (Å²) in [4.78, 5) is 11.4. The van der Waals surface area contributed by atoms with Crippen molar-refractivity contribution in [2.24, 2.45) is 10.8 Å². The molecule has 2 aliphatic rings. The van der Waals surface area contributed by atoms with Crippen molar-refractivity contribution in [2.75, 3.05) is 0 Å². The lowest BCUT2D eigenvalue weighted by Crippen LogP contribution is -2.60. The van der Waals surface area contributed by atoms with Crippen molar-refractivity contribution in [1.82, 2.24) is 5.32 Å². The average molecular weight is 181 g/mol. The van der Waals surface area contributed by atoms with Crippen molar-refractivity contribution < 1.29 is 4.79 Å². The molecule has 1 amide bonds. The van der Waals surface area contributed by atoms with Gasteiger partial charge in [-0.25, -0.2) is 0 Å². The summed E-state index contributed by atoms with van der Waals surface area (Å²) in [6.07, 6.45) is 3.18. The molecule has 1 saturated carbocycles. The summed E-state index contributed by atoms with van der Waals surface area (Å²) in [5, 5.41) is 3.10. The molecule has 1 atom stereocenters. The number of amides is 1. The highest BCUT2D eigenvalue weighted by atomic mass is 16.2. The van der Waals surface area contributed by atoms with E-state index in [0.717, 1.165) is 6.42 Å². The van der Waals surface area contributed by atoms with E-state index in [1.165, 1.54) is 12.8 Å². The number of carbonyl (C=O) groups excluding carboxylic acids is 1. The molecule has 1 saturated heterocycles. The second-order valence-electron chi connectivity index (χ2n) is 5.82. The van der Waals surface area contributed by atoms with E-state index in [1.54, 1.807) is 0 Å². The van der Waals surface area contributed by atoms with Gasteiger partial charge in [-0.2, -0.15) is 0 Å². The van der Waals surface area contributed by atoms with Gasteiger partial charge in [0.05, 0.1) is 0 Å². The Morgan fingerprint density at radius 2 is 1.77 bits per heavy atom. The first-order valence-electron chi connectivity index (χ1n) is 5.12. The van der Waals surface area contributed by atoms with Crippen LogP contribution in [0.3, 0.4) is 0 Å². The van der Waals surface area contributed by atoms with E-state index in [-0.39, 0.29) is 16.9 Å². The minimum atomic E-state index is -0.00810.